The van der Waals surface area contributed by atoms with E-state index in [4.69, 9.17) is 0 Å². The molecule has 0 radical (unpaired) electrons. The fourth-order valence-corrected chi connectivity index (χ4v) is 3.51. The quantitative estimate of drug-likeness (QED) is 0.521. The molecule has 1 N–H and O–H groups in total. The van der Waals surface area contributed by atoms with Crippen molar-refractivity contribution >= 4 is 22.9 Å². The van der Waals surface area contributed by atoms with Crippen molar-refractivity contribution in [3.05, 3.63) is 69.4 Å². The Morgan fingerprint density at radius 1 is 1.28 bits per heavy atom. The summed E-state index contributed by atoms with van der Waals surface area (Å²) in [5.41, 5.74) is 1.28. The summed E-state index contributed by atoms with van der Waals surface area (Å²) in [5.74, 6) is 0.688. The molecule has 0 saturated heterocycles. The number of nitrogens with one attached hydrogen (secondary N) is 1. The maximum absolute atomic E-state index is 12.3. The van der Waals surface area contributed by atoms with Crippen LogP contribution in [-0.4, -0.2) is 24.9 Å². The van der Waals surface area contributed by atoms with Gasteiger partial charge in [0.2, 0.25) is 0 Å². The molecule has 0 atom stereocenters. The number of aryl methyl sites for hydroxylation is 3. The summed E-state index contributed by atoms with van der Waals surface area (Å²) in [5, 5.41) is 0.731. The third-order valence-corrected chi connectivity index (χ3v) is 4.96. The molecule has 7 heteroatoms. The lowest BCUT2D eigenvalue weighted by Crippen LogP contribution is -2.29. The lowest BCUT2D eigenvalue weighted by molar-refractivity contribution is 0.608. The smallest absolute Gasteiger partial charge is 0.313 e. The van der Waals surface area contributed by atoms with E-state index in [9.17, 15) is 9.59 Å². The van der Waals surface area contributed by atoms with Crippen molar-refractivity contribution in [2.24, 2.45) is 7.05 Å². The van der Waals surface area contributed by atoms with Gasteiger partial charge in [-0.05, 0) is 18.4 Å². The molecule has 25 heavy (non-hydrogen) atoms. The highest BCUT2D eigenvalue weighted by atomic mass is 32.2. The normalized spacial score (nSPS) is 11.1. The molecule has 0 bridgehead atoms. The largest absolute Gasteiger partial charge is 0.329 e. The zero-order valence-electron chi connectivity index (χ0n) is 14.1. The summed E-state index contributed by atoms with van der Waals surface area (Å²) in [4.78, 5) is 31.0. The predicted octanol–water partition coefficient (Wildman–Crippen LogP) is 2.33. The van der Waals surface area contributed by atoms with Crippen LogP contribution in [0.1, 0.15) is 12.0 Å². The van der Waals surface area contributed by atoms with Gasteiger partial charge in [0.25, 0.3) is 5.56 Å². The van der Waals surface area contributed by atoms with Gasteiger partial charge in [0.1, 0.15) is 0 Å². The van der Waals surface area contributed by atoms with Crippen LogP contribution in [0.5, 0.6) is 0 Å². The van der Waals surface area contributed by atoms with Crippen LogP contribution in [0.3, 0.4) is 0 Å². The first-order chi connectivity index (χ1) is 12.1. The number of aromatic amines is 1. The van der Waals surface area contributed by atoms with E-state index in [1.165, 1.54) is 21.9 Å². The van der Waals surface area contributed by atoms with Crippen LogP contribution in [0.25, 0.3) is 11.2 Å². The van der Waals surface area contributed by atoms with Crippen molar-refractivity contribution in [2.45, 2.75) is 24.5 Å². The molecule has 0 saturated carbocycles. The maximum atomic E-state index is 12.3. The number of aromatic nitrogens is 4. The Hall–Kier alpha value is -2.54. The first-order valence-corrected chi connectivity index (χ1v) is 9.07. The lowest BCUT2D eigenvalue weighted by atomic mass is 10.1. The average molecular weight is 356 g/mol. The van der Waals surface area contributed by atoms with Gasteiger partial charge in [0.15, 0.2) is 16.3 Å². The summed E-state index contributed by atoms with van der Waals surface area (Å²) >= 11 is 1.51. The highest BCUT2D eigenvalue weighted by molar-refractivity contribution is 7.99. The van der Waals surface area contributed by atoms with Crippen LogP contribution in [0.15, 0.2) is 57.7 Å². The second-order valence-corrected chi connectivity index (χ2v) is 6.71. The minimum Gasteiger partial charge on any atom is -0.313 e. The van der Waals surface area contributed by atoms with Gasteiger partial charge < -0.3 is 4.57 Å². The highest BCUT2D eigenvalue weighted by Gasteiger charge is 2.17. The number of thioether (sulfide) groups is 1. The average Bonchev–Trinajstić information content (AvgIpc) is 2.98. The molecule has 3 aromatic rings. The van der Waals surface area contributed by atoms with E-state index in [1.807, 2.05) is 22.8 Å². The molecule has 0 spiro atoms. The third-order valence-electron chi connectivity index (χ3n) is 3.99. The number of hydrogen-bond acceptors (Lipinski definition) is 4. The van der Waals surface area contributed by atoms with Gasteiger partial charge in [0, 0.05) is 19.3 Å². The van der Waals surface area contributed by atoms with Crippen molar-refractivity contribution in [2.75, 3.05) is 5.75 Å². The summed E-state index contributed by atoms with van der Waals surface area (Å²) in [6, 6.07) is 10.2. The number of nitrogens with zero attached hydrogens (tertiary/aromatic N) is 3. The first-order valence-electron chi connectivity index (χ1n) is 8.09. The van der Waals surface area contributed by atoms with E-state index in [0.29, 0.717) is 23.5 Å². The van der Waals surface area contributed by atoms with Crippen LogP contribution in [0.2, 0.25) is 0 Å². The Kier molecular flexibility index (Phi) is 5.23. The third kappa shape index (κ3) is 3.61. The van der Waals surface area contributed by atoms with E-state index in [-0.39, 0.29) is 0 Å². The Morgan fingerprint density at radius 2 is 2.04 bits per heavy atom. The van der Waals surface area contributed by atoms with E-state index in [2.05, 4.69) is 28.7 Å². The van der Waals surface area contributed by atoms with Crippen molar-refractivity contribution in [3.63, 3.8) is 0 Å². The molecule has 6 nitrogen and oxygen atoms in total. The van der Waals surface area contributed by atoms with E-state index >= 15 is 0 Å². The lowest BCUT2D eigenvalue weighted by Gasteiger charge is -2.08. The second-order valence-electron chi connectivity index (χ2n) is 5.73. The molecule has 2 aromatic heterocycles. The SMILES string of the molecule is C=CCSc1nc2c(c(=O)[nH]c(=O)n2C)n1CCCc1ccccc1. The fraction of sp³-hybridized carbons (Fsp3) is 0.278. The van der Waals surface area contributed by atoms with Gasteiger partial charge in [-0.2, -0.15) is 0 Å². The summed E-state index contributed by atoms with van der Waals surface area (Å²) in [6.07, 6.45) is 3.58. The minimum atomic E-state index is -0.452. The molecule has 0 unspecified atom stereocenters. The van der Waals surface area contributed by atoms with E-state index < -0.39 is 11.2 Å². The summed E-state index contributed by atoms with van der Waals surface area (Å²) in [7, 11) is 1.61. The number of H-pyrrole nitrogens is 1. The monoisotopic (exact) mass is 356 g/mol. The Balaban J connectivity index is 1.96. The Morgan fingerprint density at radius 3 is 2.76 bits per heavy atom. The Bertz CT molecular complexity index is 1000. The van der Waals surface area contributed by atoms with Crippen LogP contribution in [0, 0.1) is 0 Å². The molecule has 2 heterocycles. The van der Waals surface area contributed by atoms with Crippen LogP contribution >= 0.6 is 11.8 Å². The zero-order chi connectivity index (χ0) is 17.8. The molecule has 0 fully saturated rings. The van der Waals surface area contributed by atoms with Gasteiger partial charge >= 0.3 is 5.69 Å². The van der Waals surface area contributed by atoms with Gasteiger partial charge in [-0.3, -0.25) is 14.3 Å². The van der Waals surface area contributed by atoms with Gasteiger partial charge in [0.05, 0.1) is 0 Å². The topological polar surface area (TPSA) is 72.7 Å². The predicted molar refractivity (Wildman–Crippen MR) is 101 cm³/mol. The van der Waals surface area contributed by atoms with Crippen molar-refractivity contribution < 1.29 is 0 Å². The van der Waals surface area contributed by atoms with Crippen LogP contribution in [0.4, 0.5) is 0 Å². The number of imidazole rings is 1. The van der Waals surface area contributed by atoms with Gasteiger partial charge in [-0.15, -0.1) is 6.58 Å². The van der Waals surface area contributed by atoms with Gasteiger partial charge in [-0.25, -0.2) is 9.78 Å². The van der Waals surface area contributed by atoms with Crippen molar-refractivity contribution in [3.8, 4) is 0 Å². The maximum Gasteiger partial charge on any atom is 0.329 e. The molecule has 0 aliphatic rings. The molecule has 0 aliphatic heterocycles. The van der Waals surface area contributed by atoms with Crippen LogP contribution in [-0.2, 0) is 20.0 Å². The summed E-state index contributed by atoms with van der Waals surface area (Å²) in [6.45, 7) is 4.39. The highest BCUT2D eigenvalue weighted by Crippen LogP contribution is 2.22. The van der Waals surface area contributed by atoms with Crippen molar-refractivity contribution in [1.82, 2.24) is 19.1 Å². The molecular formula is C18H20N4O2S. The van der Waals surface area contributed by atoms with Crippen LogP contribution < -0.4 is 11.2 Å². The minimum absolute atomic E-state index is 0.393. The molecular weight excluding hydrogens is 336 g/mol. The summed E-state index contributed by atoms with van der Waals surface area (Å²) < 4.78 is 3.28. The first kappa shape index (κ1) is 17.3. The van der Waals surface area contributed by atoms with E-state index in [0.717, 1.165) is 18.0 Å². The standard InChI is InChI=1S/C18H20N4O2S/c1-3-12-25-18-19-15-14(16(23)20-17(24)21(15)2)22(18)11-7-10-13-8-5-4-6-9-13/h3-6,8-9H,1,7,10-12H2,2H3,(H,20,23,24). The molecule has 3 rings (SSSR count). The molecule has 0 aliphatic carbocycles. The number of benzene rings is 1. The second kappa shape index (κ2) is 7.57. The van der Waals surface area contributed by atoms with Gasteiger partial charge in [-0.1, -0.05) is 48.2 Å². The molecule has 1 aromatic carbocycles. The van der Waals surface area contributed by atoms with E-state index in [1.54, 1.807) is 13.1 Å². The van der Waals surface area contributed by atoms with Crippen molar-refractivity contribution in [1.29, 1.82) is 0 Å². The molecule has 0 amide bonds. The zero-order valence-corrected chi connectivity index (χ0v) is 14.9. The number of hydrogen-bond donors (Lipinski definition) is 1. The Labute approximate surface area is 149 Å². The number of fused-ring (bicyclic) bond motifs is 1. The molecule has 130 valence electrons. The fourth-order valence-electron chi connectivity index (χ4n) is 2.75. The number of rotatable bonds is 7.